The summed E-state index contributed by atoms with van der Waals surface area (Å²) >= 11 is 0. The molecule has 1 aromatic rings. The van der Waals surface area contributed by atoms with Gasteiger partial charge in [-0.15, -0.1) is 24.0 Å². The lowest BCUT2D eigenvalue weighted by molar-refractivity contribution is 0.0376. The number of morpholine rings is 1. The summed E-state index contributed by atoms with van der Waals surface area (Å²) in [5.74, 6) is 2.50. The van der Waals surface area contributed by atoms with Crippen LogP contribution < -0.4 is 20.1 Å². The number of hydrogen-bond donors (Lipinski definition) is 2. The molecule has 1 aromatic carbocycles. The summed E-state index contributed by atoms with van der Waals surface area (Å²) in [7, 11) is 0. The van der Waals surface area contributed by atoms with E-state index in [0.29, 0.717) is 19.8 Å². The molecule has 2 aliphatic heterocycles. The number of halogens is 1. The van der Waals surface area contributed by atoms with Gasteiger partial charge in [-0.05, 0) is 37.6 Å². The lowest BCUT2D eigenvalue weighted by atomic mass is 10.2. The lowest BCUT2D eigenvalue weighted by Gasteiger charge is -2.26. The molecule has 158 valence electrons. The van der Waals surface area contributed by atoms with Crippen molar-refractivity contribution in [3.8, 4) is 11.5 Å². The largest absolute Gasteiger partial charge is 0.490 e. The van der Waals surface area contributed by atoms with Gasteiger partial charge in [0.05, 0.1) is 33.0 Å². The minimum atomic E-state index is 0. The van der Waals surface area contributed by atoms with Crippen LogP contribution in [0.4, 0.5) is 0 Å². The van der Waals surface area contributed by atoms with Crippen LogP contribution >= 0.6 is 24.0 Å². The Kier molecular flexibility index (Phi) is 10.7. The molecule has 28 heavy (non-hydrogen) atoms. The summed E-state index contributed by atoms with van der Waals surface area (Å²) in [6.07, 6.45) is 2.01. The predicted molar refractivity (Wildman–Crippen MR) is 122 cm³/mol. The molecule has 0 bridgehead atoms. The van der Waals surface area contributed by atoms with Gasteiger partial charge in [-0.1, -0.05) is 6.07 Å². The van der Waals surface area contributed by atoms with Crippen LogP contribution in [0.3, 0.4) is 0 Å². The van der Waals surface area contributed by atoms with Crippen molar-refractivity contribution < 1.29 is 14.2 Å². The first kappa shape index (κ1) is 23.0. The molecule has 0 radical (unpaired) electrons. The second-order valence-corrected chi connectivity index (χ2v) is 6.76. The number of ether oxygens (including phenoxy) is 3. The van der Waals surface area contributed by atoms with Crippen molar-refractivity contribution in [3.05, 3.63) is 23.8 Å². The van der Waals surface area contributed by atoms with Crippen LogP contribution in [0.25, 0.3) is 0 Å². The highest BCUT2D eigenvalue weighted by Crippen LogP contribution is 2.30. The van der Waals surface area contributed by atoms with E-state index in [4.69, 9.17) is 19.2 Å². The van der Waals surface area contributed by atoms with Crippen molar-refractivity contribution >= 4 is 29.9 Å². The van der Waals surface area contributed by atoms with Crippen molar-refractivity contribution in [2.24, 2.45) is 4.99 Å². The number of aliphatic imine (C=N–C) groups is 1. The molecule has 0 unspecified atom stereocenters. The van der Waals surface area contributed by atoms with E-state index in [9.17, 15) is 0 Å². The third-order valence-corrected chi connectivity index (χ3v) is 4.62. The van der Waals surface area contributed by atoms with Gasteiger partial charge in [-0.25, -0.2) is 4.99 Å². The first-order chi connectivity index (χ1) is 13.3. The average molecular weight is 504 g/mol. The van der Waals surface area contributed by atoms with Crippen molar-refractivity contribution in [2.75, 3.05) is 59.2 Å². The molecule has 2 N–H and O–H groups in total. The SMILES string of the molecule is CCNC(=NCc1ccc2c(c1)OCCCO2)NCCCN1CCOCC1.I. The van der Waals surface area contributed by atoms with Gasteiger partial charge in [0.15, 0.2) is 17.5 Å². The highest BCUT2D eigenvalue weighted by Gasteiger charge is 2.11. The minimum absolute atomic E-state index is 0. The fraction of sp³-hybridized carbons (Fsp3) is 0.650. The zero-order chi connectivity index (χ0) is 18.7. The molecule has 2 aliphatic rings. The Morgan fingerprint density at radius 2 is 1.86 bits per heavy atom. The van der Waals surface area contributed by atoms with E-state index >= 15 is 0 Å². The quantitative estimate of drug-likeness (QED) is 0.257. The van der Waals surface area contributed by atoms with E-state index in [1.807, 2.05) is 12.1 Å². The van der Waals surface area contributed by atoms with Crippen molar-refractivity contribution in [1.29, 1.82) is 0 Å². The van der Waals surface area contributed by atoms with Crippen molar-refractivity contribution in [3.63, 3.8) is 0 Å². The maximum Gasteiger partial charge on any atom is 0.191 e. The second kappa shape index (κ2) is 13.1. The van der Waals surface area contributed by atoms with Gasteiger partial charge < -0.3 is 24.8 Å². The maximum atomic E-state index is 5.76. The first-order valence-corrected chi connectivity index (χ1v) is 10.1. The zero-order valence-corrected chi connectivity index (χ0v) is 19.1. The molecule has 0 saturated carbocycles. The third-order valence-electron chi connectivity index (χ3n) is 4.62. The molecule has 1 saturated heterocycles. The van der Waals surface area contributed by atoms with Crippen molar-refractivity contribution in [2.45, 2.75) is 26.3 Å². The van der Waals surface area contributed by atoms with Gasteiger partial charge in [0, 0.05) is 32.6 Å². The Hall–Kier alpha value is -1.26. The number of nitrogens with one attached hydrogen (secondary N) is 2. The highest BCUT2D eigenvalue weighted by atomic mass is 127. The van der Waals surface area contributed by atoms with Gasteiger partial charge >= 0.3 is 0 Å². The van der Waals surface area contributed by atoms with Gasteiger partial charge in [0.1, 0.15) is 0 Å². The van der Waals surface area contributed by atoms with Gasteiger partial charge in [-0.2, -0.15) is 0 Å². The van der Waals surface area contributed by atoms with Crippen LogP contribution in [0.1, 0.15) is 25.3 Å². The molecule has 0 aliphatic carbocycles. The Morgan fingerprint density at radius 3 is 2.64 bits per heavy atom. The Morgan fingerprint density at radius 1 is 1.07 bits per heavy atom. The summed E-state index contributed by atoms with van der Waals surface area (Å²) in [6, 6.07) is 6.07. The maximum absolute atomic E-state index is 5.76. The molecule has 1 fully saturated rings. The van der Waals surface area contributed by atoms with Crippen LogP contribution in [0, 0.1) is 0 Å². The first-order valence-electron chi connectivity index (χ1n) is 10.1. The van der Waals surface area contributed by atoms with Crippen molar-refractivity contribution in [1.82, 2.24) is 15.5 Å². The third kappa shape index (κ3) is 7.63. The number of rotatable bonds is 7. The molecule has 2 heterocycles. The van der Waals surface area contributed by atoms with Gasteiger partial charge in [-0.3, -0.25) is 4.90 Å². The van der Waals surface area contributed by atoms with Gasteiger partial charge in [0.25, 0.3) is 0 Å². The number of hydrogen-bond acceptors (Lipinski definition) is 5. The van der Waals surface area contributed by atoms with Crippen LogP contribution in [0.15, 0.2) is 23.2 Å². The molecular formula is C20H33IN4O3. The Bertz CT molecular complexity index is 609. The predicted octanol–water partition coefficient (Wildman–Crippen LogP) is 2.24. The molecule has 0 spiro atoms. The van der Waals surface area contributed by atoms with E-state index < -0.39 is 0 Å². The summed E-state index contributed by atoms with van der Waals surface area (Å²) in [6.45, 7) is 10.7. The standard InChI is InChI=1S/C20H32N4O3.HI/c1-2-21-20(22-7-3-8-24-9-13-25-14-10-24)23-16-17-5-6-18-19(15-17)27-12-4-11-26-18;/h5-6,15H,2-4,7-14,16H2,1H3,(H2,21,22,23);1H. The molecule has 7 nitrogen and oxygen atoms in total. The molecule has 0 aromatic heterocycles. The number of guanidine groups is 1. The molecule has 3 rings (SSSR count). The van der Waals surface area contributed by atoms with Crippen LogP contribution in [-0.2, 0) is 11.3 Å². The van der Waals surface area contributed by atoms with E-state index in [0.717, 1.165) is 81.8 Å². The van der Waals surface area contributed by atoms with E-state index in [-0.39, 0.29) is 24.0 Å². The summed E-state index contributed by atoms with van der Waals surface area (Å²) in [5.41, 5.74) is 1.12. The monoisotopic (exact) mass is 504 g/mol. The fourth-order valence-corrected chi connectivity index (χ4v) is 3.15. The van der Waals surface area contributed by atoms with E-state index in [2.05, 4.69) is 28.5 Å². The summed E-state index contributed by atoms with van der Waals surface area (Å²) < 4.78 is 16.8. The molecular weight excluding hydrogens is 471 g/mol. The normalized spacial score (nSPS) is 17.4. The van der Waals surface area contributed by atoms with E-state index in [1.165, 1.54) is 0 Å². The average Bonchev–Trinajstić information content (AvgIpc) is 2.95. The number of benzene rings is 1. The Balaban J connectivity index is 0.00000280. The number of nitrogens with zero attached hydrogens (tertiary/aromatic N) is 2. The molecule has 8 heteroatoms. The topological polar surface area (TPSA) is 67.4 Å². The van der Waals surface area contributed by atoms with Crippen LogP contribution in [0.5, 0.6) is 11.5 Å². The minimum Gasteiger partial charge on any atom is -0.490 e. The van der Waals surface area contributed by atoms with Crippen LogP contribution in [0.2, 0.25) is 0 Å². The number of fused-ring (bicyclic) bond motifs is 1. The lowest BCUT2D eigenvalue weighted by Crippen LogP contribution is -2.40. The summed E-state index contributed by atoms with van der Waals surface area (Å²) in [4.78, 5) is 7.16. The second-order valence-electron chi connectivity index (χ2n) is 6.76. The molecule has 0 atom stereocenters. The summed E-state index contributed by atoms with van der Waals surface area (Å²) in [5, 5.41) is 6.74. The fourth-order valence-electron chi connectivity index (χ4n) is 3.15. The Labute approximate surface area is 185 Å². The zero-order valence-electron chi connectivity index (χ0n) is 16.7. The van der Waals surface area contributed by atoms with Gasteiger partial charge in [0.2, 0.25) is 0 Å². The smallest absolute Gasteiger partial charge is 0.191 e. The molecule has 0 amide bonds. The van der Waals surface area contributed by atoms with Crippen LogP contribution in [-0.4, -0.2) is 70.0 Å². The highest BCUT2D eigenvalue weighted by molar-refractivity contribution is 14.0. The van der Waals surface area contributed by atoms with E-state index in [1.54, 1.807) is 0 Å².